The number of aromatic hydroxyl groups is 1. The van der Waals surface area contributed by atoms with Crippen LogP contribution in [0.5, 0.6) is 5.75 Å². The van der Waals surface area contributed by atoms with E-state index in [0.717, 1.165) is 0 Å². The first-order valence-corrected chi connectivity index (χ1v) is 6.56. The standard InChI is InChI=1S/C13H9Cl3N2O2/c14-7-4-8(15)12(9(16)5-7)18-13(20)6-1-2-10(17)11(19)3-6/h1-5,19H,17H2,(H,18,20). The fourth-order valence-corrected chi connectivity index (χ4v) is 2.44. The summed E-state index contributed by atoms with van der Waals surface area (Å²) >= 11 is 17.7. The van der Waals surface area contributed by atoms with Crippen LogP contribution in [0.1, 0.15) is 10.4 Å². The van der Waals surface area contributed by atoms with Gasteiger partial charge in [0.2, 0.25) is 0 Å². The maximum atomic E-state index is 12.1. The lowest BCUT2D eigenvalue weighted by Crippen LogP contribution is -2.12. The molecule has 0 bridgehead atoms. The molecule has 0 heterocycles. The van der Waals surface area contributed by atoms with E-state index < -0.39 is 5.91 Å². The van der Waals surface area contributed by atoms with Gasteiger partial charge in [-0.25, -0.2) is 0 Å². The van der Waals surface area contributed by atoms with Crippen molar-refractivity contribution in [3.8, 4) is 5.75 Å². The molecule has 2 aromatic carbocycles. The van der Waals surface area contributed by atoms with Crippen molar-refractivity contribution < 1.29 is 9.90 Å². The number of halogens is 3. The average molecular weight is 332 g/mol. The van der Waals surface area contributed by atoms with E-state index in [-0.39, 0.29) is 32.7 Å². The maximum Gasteiger partial charge on any atom is 0.255 e. The van der Waals surface area contributed by atoms with E-state index in [1.165, 1.54) is 30.3 Å². The fourth-order valence-electron chi connectivity index (χ4n) is 1.53. The van der Waals surface area contributed by atoms with Crippen LogP contribution in [0.2, 0.25) is 15.1 Å². The van der Waals surface area contributed by atoms with E-state index in [1.807, 2.05) is 0 Å². The van der Waals surface area contributed by atoms with Gasteiger partial charge in [-0.3, -0.25) is 4.79 Å². The highest BCUT2D eigenvalue weighted by molar-refractivity contribution is 6.42. The molecule has 0 aromatic heterocycles. The van der Waals surface area contributed by atoms with Crippen molar-refractivity contribution in [1.29, 1.82) is 0 Å². The topological polar surface area (TPSA) is 75.4 Å². The summed E-state index contributed by atoms with van der Waals surface area (Å²) in [5.41, 5.74) is 6.12. The van der Waals surface area contributed by atoms with Crippen LogP contribution in [-0.4, -0.2) is 11.0 Å². The summed E-state index contributed by atoms with van der Waals surface area (Å²) < 4.78 is 0. The Labute approximate surface area is 130 Å². The molecule has 0 saturated carbocycles. The Hall–Kier alpha value is -1.62. The van der Waals surface area contributed by atoms with Crippen molar-refractivity contribution >= 4 is 52.1 Å². The highest BCUT2D eigenvalue weighted by Gasteiger charge is 2.13. The lowest BCUT2D eigenvalue weighted by molar-refractivity contribution is 0.102. The molecule has 0 aliphatic heterocycles. The number of phenolic OH excluding ortho intramolecular Hbond substituents is 1. The minimum Gasteiger partial charge on any atom is -0.506 e. The highest BCUT2D eigenvalue weighted by Crippen LogP contribution is 2.34. The van der Waals surface area contributed by atoms with Crippen molar-refractivity contribution in [2.45, 2.75) is 0 Å². The minimum atomic E-state index is -0.480. The number of hydrogen-bond acceptors (Lipinski definition) is 3. The molecule has 0 saturated heterocycles. The number of phenols is 1. The van der Waals surface area contributed by atoms with Crippen LogP contribution in [-0.2, 0) is 0 Å². The summed E-state index contributed by atoms with van der Waals surface area (Å²) in [4.78, 5) is 12.1. The summed E-state index contributed by atoms with van der Waals surface area (Å²) in [6.07, 6.45) is 0. The molecule has 0 spiro atoms. The van der Waals surface area contributed by atoms with E-state index in [0.29, 0.717) is 5.02 Å². The monoisotopic (exact) mass is 330 g/mol. The number of carbonyl (C=O) groups excluding carboxylic acids is 1. The number of rotatable bonds is 2. The molecular weight excluding hydrogens is 323 g/mol. The molecule has 0 unspecified atom stereocenters. The molecule has 0 fully saturated rings. The number of hydrogen-bond donors (Lipinski definition) is 3. The van der Waals surface area contributed by atoms with Crippen molar-refractivity contribution in [2.75, 3.05) is 11.1 Å². The Morgan fingerprint density at radius 3 is 2.25 bits per heavy atom. The Morgan fingerprint density at radius 1 is 1.10 bits per heavy atom. The quantitative estimate of drug-likeness (QED) is 0.570. The van der Waals surface area contributed by atoms with Gasteiger partial charge in [-0.05, 0) is 30.3 Å². The van der Waals surface area contributed by atoms with Crippen molar-refractivity contribution in [1.82, 2.24) is 0 Å². The van der Waals surface area contributed by atoms with Crippen LogP contribution in [0.4, 0.5) is 11.4 Å². The second-order valence-electron chi connectivity index (χ2n) is 3.97. The van der Waals surface area contributed by atoms with Gasteiger partial charge in [0.05, 0.1) is 21.4 Å². The van der Waals surface area contributed by atoms with Crippen LogP contribution in [0.25, 0.3) is 0 Å². The third-order valence-corrected chi connectivity index (χ3v) is 3.35. The van der Waals surface area contributed by atoms with Gasteiger partial charge in [0.1, 0.15) is 5.75 Å². The zero-order valence-electron chi connectivity index (χ0n) is 9.95. The molecule has 2 aromatic rings. The number of amides is 1. The van der Waals surface area contributed by atoms with Crippen LogP contribution < -0.4 is 11.1 Å². The van der Waals surface area contributed by atoms with Gasteiger partial charge in [0.15, 0.2) is 0 Å². The smallest absolute Gasteiger partial charge is 0.255 e. The van der Waals surface area contributed by atoms with Crippen LogP contribution in [0.3, 0.4) is 0 Å². The van der Waals surface area contributed by atoms with E-state index in [9.17, 15) is 9.90 Å². The SMILES string of the molecule is Nc1ccc(C(=O)Nc2c(Cl)cc(Cl)cc2Cl)cc1O. The Morgan fingerprint density at radius 2 is 1.70 bits per heavy atom. The summed E-state index contributed by atoms with van der Waals surface area (Å²) in [7, 11) is 0. The number of benzene rings is 2. The number of nitrogens with two attached hydrogens (primary N) is 1. The predicted molar refractivity (Wildman–Crippen MR) is 81.9 cm³/mol. The molecule has 0 aliphatic rings. The van der Waals surface area contributed by atoms with E-state index >= 15 is 0 Å². The van der Waals surface area contributed by atoms with E-state index in [4.69, 9.17) is 40.5 Å². The van der Waals surface area contributed by atoms with Gasteiger partial charge >= 0.3 is 0 Å². The predicted octanol–water partition coefficient (Wildman–Crippen LogP) is 4.19. The fraction of sp³-hybridized carbons (Fsp3) is 0. The first-order valence-electron chi connectivity index (χ1n) is 5.43. The summed E-state index contributed by atoms with van der Waals surface area (Å²) in [6, 6.07) is 7.08. The Kier molecular flexibility index (Phi) is 4.28. The zero-order valence-corrected chi connectivity index (χ0v) is 12.2. The molecule has 2 rings (SSSR count). The van der Waals surface area contributed by atoms with Crippen LogP contribution in [0, 0.1) is 0 Å². The second-order valence-corrected chi connectivity index (χ2v) is 5.22. The molecule has 104 valence electrons. The molecular formula is C13H9Cl3N2O2. The number of anilines is 2. The van der Waals surface area contributed by atoms with Crippen molar-refractivity contribution in [3.05, 3.63) is 51.0 Å². The average Bonchev–Trinajstić information content (AvgIpc) is 2.36. The van der Waals surface area contributed by atoms with Gasteiger partial charge in [-0.2, -0.15) is 0 Å². The Balaban J connectivity index is 2.30. The van der Waals surface area contributed by atoms with Gasteiger partial charge in [0.25, 0.3) is 5.91 Å². The molecule has 4 N–H and O–H groups in total. The first-order chi connectivity index (χ1) is 9.38. The lowest BCUT2D eigenvalue weighted by atomic mass is 10.1. The minimum absolute atomic E-state index is 0.175. The first kappa shape index (κ1) is 14.8. The van der Waals surface area contributed by atoms with Crippen molar-refractivity contribution in [3.63, 3.8) is 0 Å². The van der Waals surface area contributed by atoms with Crippen LogP contribution >= 0.6 is 34.8 Å². The number of carbonyl (C=O) groups is 1. The number of nitrogen functional groups attached to an aromatic ring is 1. The van der Waals surface area contributed by atoms with Crippen molar-refractivity contribution in [2.24, 2.45) is 0 Å². The normalized spacial score (nSPS) is 10.3. The molecule has 20 heavy (non-hydrogen) atoms. The second kappa shape index (κ2) is 5.79. The molecule has 4 nitrogen and oxygen atoms in total. The largest absolute Gasteiger partial charge is 0.506 e. The summed E-state index contributed by atoms with van der Waals surface area (Å²) in [5, 5.41) is 12.8. The summed E-state index contributed by atoms with van der Waals surface area (Å²) in [6.45, 7) is 0. The molecule has 0 atom stereocenters. The van der Waals surface area contributed by atoms with Gasteiger partial charge in [-0.1, -0.05) is 34.8 Å². The molecule has 7 heteroatoms. The third kappa shape index (κ3) is 3.10. The van der Waals surface area contributed by atoms with Gasteiger partial charge < -0.3 is 16.2 Å². The summed E-state index contributed by atoms with van der Waals surface area (Å²) in [5.74, 6) is -0.655. The lowest BCUT2D eigenvalue weighted by Gasteiger charge is -2.10. The molecule has 0 radical (unpaired) electrons. The highest BCUT2D eigenvalue weighted by atomic mass is 35.5. The van der Waals surface area contributed by atoms with Gasteiger partial charge in [0, 0.05) is 10.6 Å². The van der Waals surface area contributed by atoms with Gasteiger partial charge in [-0.15, -0.1) is 0 Å². The third-order valence-electron chi connectivity index (χ3n) is 2.54. The Bertz CT molecular complexity index is 666. The van der Waals surface area contributed by atoms with Crippen LogP contribution in [0.15, 0.2) is 30.3 Å². The number of nitrogens with one attached hydrogen (secondary N) is 1. The van der Waals surface area contributed by atoms with E-state index in [1.54, 1.807) is 0 Å². The maximum absolute atomic E-state index is 12.1. The zero-order chi connectivity index (χ0) is 14.9. The van der Waals surface area contributed by atoms with E-state index in [2.05, 4.69) is 5.32 Å². The molecule has 1 amide bonds. The molecule has 0 aliphatic carbocycles.